The lowest BCUT2D eigenvalue weighted by atomic mass is 10.2. The van der Waals surface area contributed by atoms with Gasteiger partial charge >= 0.3 is 0 Å². The molecular formula is C14H17N2O4S3-. The van der Waals surface area contributed by atoms with Crippen molar-refractivity contribution in [2.24, 2.45) is 0 Å². The first kappa shape index (κ1) is 18.5. The van der Waals surface area contributed by atoms with Crippen molar-refractivity contribution >= 4 is 46.3 Å². The standard InChI is InChI=1S/C14H18N2O4S3/c1-2-16-13(17)12(23-14(16)21)11-5-8-15(9-6-11)7-3-4-10-22-20-19-18/h5-6,8-9,18H,2-4,7,10H2,1H3/p-1. The topological polar surface area (TPSA) is 65.1 Å². The Morgan fingerprint density at radius 1 is 1.35 bits per heavy atom. The van der Waals surface area contributed by atoms with E-state index in [1.165, 1.54) is 11.8 Å². The quantitative estimate of drug-likeness (QED) is 0.160. The Bertz CT molecular complexity index is 532. The molecule has 1 amide bonds. The van der Waals surface area contributed by atoms with E-state index in [1.807, 2.05) is 31.5 Å². The van der Waals surface area contributed by atoms with Gasteiger partial charge in [0.15, 0.2) is 0 Å². The van der Waals surface area contributed by atoms with Crippen LogP contribution >= 0.6 is 36.0 Å². The Morgan fingerprint density at radius 3 is 2.70 bits per heavy atom. The molecule has 6 nitrogen and oxygen atoms in total. The molecule has 0 aromatic carbocycles. The molecule has 0 saturated carbocycles. The van der Waals surface area contributed by atoms with Crippen LogP contribution in [0.15, 0.2) is 35.0 Å². The average molecular weight is 374 g/mol. The molecule has 0 bridgehead atoms. The van der Waals surface area contributed by atoms with E-state index in [0.29, 0.717) is 21.5 Å². The van der Waals surface area contributed by atoms with Gasteiger partial charge in [0.1, 0.15) is 4.32 Å². The fraction of sp³-hybridized carbons (Fsp3) is 0.429. The molecule has 126 valence electrons. The van der Waals surface area contributed by atoms with Crippen molar-refractivity contribution in [3.63, 3.8) is 0 Å². The van der Waals surface area contributed by atoms with Crippen LogP contribution in [0.25, 0.3) is 0 Å². The number of hydrogen-bond acceptors (Lipinski definition) is 8. The molecule has 2 aliphatic rings. The number of likely N-dealkylation sites (N-methyl/N-ethyl adjacent to an activating group) is 1. The van der Waals surface area contributed by atoms with Crippen LogP contribution in [0.2, 0.25) is 0 Å². The third kappa shape index (κ3) is 5.07. The van der Waals surface area contributed by atoms with Gasteiger partial charge in [-0.15, -0.1) is 0 Å². The van der Waals surface area contributed by atoms with Gasteiger partial charge in [-0.2, -0.15) is 4.33 Å². The maximum atomic E-state index is 12.3. The van der Waals surface area contributed by atoms with Gasteiger partial charge < -0.3 is 10.2 Å². The third-order valence-corrected chi connectivity index (χ3v) is 5.38. The van der Waals surface area contributed by atoms with Crippen molar-refractivity contribution in [2.75, 3.05) is 18.8 Å². The lowest BCUT2D eigenvalue weighted by Gasteiger charge is -2.19. The van der Waals surface area contributed by atoms with Gasteiger partial charge in [-0.25, -0.2) is 0 Å². The lowest BCUT2D eigenvalue weighted by Crippen LogP contribution is -2.27. The second-order valence-electron chi connectivity index (χ2n) is 4.74. The minimum absolute atomic E-state index is 0.0159. The van der Waals surface area contributed by atoms with Crippen LogP contribution in [-0.2, 0) is 14.2 Å². The van der Waals surface area contributed by atoms with Gasteiger partial charge in [0, 0.05) is 43.3 Å². The number of allylic oxidation sites excluding steroid dienone is 3. The van der Waals surface area contributed by atoms with E-state index in [-0.39, 0.29) is 5.91 Å². The highest BCUT2D eigenvalue weighted by atomic mass is 32.2. The van der Waals surface area contributed by atoms with E-state index in [4.69, 9.17) is 12.2 Å². The van der Waals surface area contributed by atoms with Crippen LogP contribution in [0, 0.1) is 0 Å². The van der Waals surface area contributed by atoms with Crippen LogP contribution < -0.4 is 5.26 Å². The van der Waals surface area contributed by atoms with Crippen molar-refractivity contribution in [1.29, 1.82) is 0 Å². The predicted molar refractivity (Wildman–Crippen MR) is 93.5 cm³/mol. The van der Waals surface area contributed by atoms with E-state index >= 15 is 0 Å². The number of thioether (sulfide) groups is 1. The van der Waals surface area contributed by atoms with Crippen molar-refractivity contribution in [3.05, 3.63) is 35.0 Å². The van der Waals surface area contributed by atoms with Gasteiger partial charge in [-0.1, -0.05) is 24.0 Å². The molecule has 23 heavy (non-hydrogen) atoms. The molecule has 1 fully saturated rings. The zero-order valence-electron chi connectivity index (χ0n) is 12.6. The Kier molecular flexibility index (Phi) is 7.60. The second-order valence-corrected chi connectivity index (χ2v) is 7.16. The second kappa shape index (κ2) is 9.45. The molecule has 2 aliphatic heterocycles. The summed E-state index contributed by atoms with van der Waals surface area (Å²) >= 11 is 7.58. The molecule has 1 saturated heterocycles. The number of thiocarbonyl (C=S) groups is 1. The van der Waals surface area contributed by atoms with E-state index in [0.717, 1.165) is 37.0 Å². The summed E-state index contributed by atoms with van der Waals surface area (Å²) in [6, 6.07) is 0. The summed E-state index contributed by atoms with van der Waals surface area (Å²) < 4.78 is 4.81. The molecule has 2 rings (SSSR count). The highest BCUT2D eigenvalue weighted by Gasteiger charge is 2.32. The number of rotatable bonds is 8. The zero-order chi connectivity index (χ0) is 16.7. The smallest absolute Gasteiger partial charge is 0.266 e. The lowest BCUT2D eigenvalue weighted by molar-refractivity contribution is -0.777. The summed E-state index contributed by atoms with van der Waals surface area (Å²) in [5.41, 5.74) is 0.895. The Labute approximate surface area is 149 Å². The van der Waals surface area contributed by atoms with Gasteiger partial charge in [0.2, 0.25) is 0 Å². The van der Waals surface area contributed by atoms with Gasteiger partial charge in [-0.3, -0.25) is 14.7 Å². The van der Waals surface area contributed by atoms with E-state index in [9.17, 15) is 10.1 Å². The minimum Gasteiger partial charge on any atom is -0.691 e. The highest BCUT2D eigenvalue weighted by molar-refractivity contribution is 8.26. The van der Waals surface area contributed by atoms with Crippen molar-refractivity contribution in [3.8, 4) is 0 Å². The van der Waals surface area contributed by atoms with Gasteiger partial charge in [0.25, 0.3) is 5.91 Å². The maximum absolute atomic E-state index is 12.3. The summed E-state index contributed by atoms with van der Waals surface area (Å²) in [6.07, 6.45) is 9.65. The van der Waals surface area contributed by atoms with Gasteiger partial charge in [0.05, 0.1) is 4.91 Å². The fourth-order valence-electron chi connectivity index (χ4n) is 2.11. The van der Waals surface area contributed by atoms with Crippen LogP contribution in [0.5, 0.6) is 0 Å². The van der Waals surface area contributed by atoms with Crippen molar-refractivity contribution in [1.82, 2.24) is 9.80 Å². The highest BCUT2D eigenvalue weighted by Crippen LogP contribution is 2.34. The summed E-state index contributed by atoms with van der Waals surface area (Å²) in [7, 11) is 0. The summed E-state index contributed by atoms with van der Waals surface area (Å²) in [6.45, 7) is 3.37. The summed E-state index contributed by atoms with van der Waals surface area (Å²) in [5, 5.41) is 12.9. The molecule has 0 atom stereocenters. The predicted octanol–water partition coefficient (Wildman–Crippen LogP) is 2.12. The number of carbonyl (C=O) groups is 1. The molecule has 0 radical (unpaired) electrons. The third-order valence-electron chi connectivity index (χ3n) is 3.29. The van der Waals surface area contributed by atoms with E-state index in [1.54, 1.807) is 4.90 Å². The largest absolute Gasteiger partial charge is 0.691 e. The number of hydrogen-bond donors (Lipinski definition) is 0. The Balaban J connectivity index is 1.82. The summed E-state index contributed by atoms with van der Waals surface area (Å²) in [5.74, 6) is 0.687. The molecule has 0 aromatic rings. The molecule has 9 heteroatoms. The first-order chi connectivity index (χ1) is 11.2. The monoisotopic (exact) mass is 373 g/mol. The molecule has 2 heterocycles. The molecule has 0 unspecified atom stereocenters. The normalized spacial score (nSPS) is 17.8. The number of carbonyl (C=O) groups excluding carboxylic acids is 1. The number of nitrogens with zero attached hydrogens (tertiary/aromatic N) is 2. The first-order valence-electron chi connectivity index (χ1n) is 7.15. The first-order valence-corrected chi connectivity index (χ1v) is 9.29. The zero-order valence-corrected chi connectivity index (χ0v) is 15.0. The molecular weight excluding hydrogens is 356 g/mol. The SMILES string of the molecule is CCN1C(=O)C(=C2C=CN(CCCCSOO[O-])C=C2)SC1=S. The average Bonchev–Trinajstić information content (AvgIpc) is 2.85. The molecule has 0 aromatic heterocycles. The Hall–Kier alpha value is -0.840. The Morgan fingerprint density at radius 2 is 2.09 bits per heavy atom. The van der Waals surface area contributed by atoms with Crippen LogP contribution in [0.3, 0.4) is 0 Å². The maximum Gasteiger partial charge on any atom is 0.266 e. The fourth-order valence-corrected chi connectivity index (χ4v) is 3.95. The number of unbranched alkanes of at least 4 members (excludes halogenated alkanes) is 1. The van der Waals surface area contributed by atoms with Crippen LogP contribution in [0.4, 0.5) is 0 Å². The van der Waals surface area contributed by atoms with Crippen LogP contribution in [0.1, 0.15) is 19.8 Å². The molecule has 0 N–H and O–H groups in total. The van der Waals surface area contributed by atoms with Crippen molar-refractivity contribution < 1.29 is 19.4 Å². The van der Waals surface area contributed by atoms with E-state index in [2.05, 4.69) is 14.3 Å². The van der Waals surface area contributed by atoms with Gasteiger partial charge in [-0.05, 0) is 37.5 Å². The molecule has 0 aliphatic carbocycles. The van der Waals surface area contributed by atoms with Crippen molar-refractivity contribution in [2.45, 2.75) is 19.8 Å². The minimum atomic E-state index is -0.0159. The van der Waals surface area contributed by atoms with E-state index < -0.39 is 0 Å². The number of amides is 1. The molecule has 0 spiro atoms. The summed E-state index contributed by atoms with van der Waals surface area (Å²) in [4.78, 5) is 16.6. The van der Waals surface area contributed by atoms with Crippen LogP contribution in [-0.4, -0.2) is 38.9 Å².